The smallest absolute Gasteiger partial charge is 0.173 e. The Kier molecular flexibility index (Phi) is 5.46. The van der Waals surface area contributed by atoms with E-state index in [1.807, 2.05) is 0 Å². The maximum Gasteiger partial charge on any atom is 0.173 e. The molecule has 1 aromatic carbocycles. The van der Waals surface area contributed by atoms with Crippen LogP contribution >= 0.6 is 35.4 Å². The number of halogens is 2. The lowest BCUT2D eigenvalue weighted by Crippen LogP contribution is -2.36. The molecule has 0 spiro atoms. The first-order valence-corrected chi connectivity index (χ1v) is 6.22. The zero-order valence-corrected chi connectivity index (χ0v) is 11.9. The molecule has 0 heterocycles. The van der Waals surface area contributed by atoms with Gasteiger partial charge in [-0.05, 0) is 37.3 Å². The third kappa shape index (κ3) is 4.68. The number of likely N-dealkylation sites (N-methyl/N-ethyl adjacent to an activating group) is 1. The van der Waals surface area contributed by atoms with Gasteiger partial charge in [-0.3, -0.25) is 0 Å². The van der Waals surface area contributed by atoms with Gasteiger partial charge in [-0.2, -0.15) is 0 Å². The quantitative estimate of drug-likeness (QED) is 0.840. The van der Waals surface area contributed by atoms with E-state index in [9.17, 15) is 5.11 Å². The first-order chi connectivity index (χ1) is 7.90. The summed E-state index contributed by atoms with van der Waals surface area (Å²) in [7, 11) is 1.80. The van der Waals surface area contributed by atoms with Gasteiger partial charge in [-0.25, -0.2) is 0 Å². The Morgan fingerprint density at radius 2 is 2.18 bits per heavy atom. The Balaban J connectivity index is 2.67. The first-order valence-electron chi connectivity index (χ1n) is 5.05. The third-order valence-electron chi connectivity index (χ3n) is 2.06. The van der Waals surface area contributed by atoms with Gasteiger partial charge in [0.2, 0.25) is 0 Å². The fourth-order valence-corrected chi connectivity index (χ4v) is 1.92. The molecule has 1 aromatic rings. The molecule has 0 amide bonds. The van der Waals surface area contributed by atoms with Crippen LogP contribution in [0.25, 0.3) is 0 Å². The second-order valence-electron chi connectivity index (χ2n) is 3.78. The molecular weight excluding hydrogens is 279 g/mol. The molecule has 1 atom stereocenters. The highest BCUT2D eigenvalue weighted by Crippen LogP contribution is 2.25. The summed E-state index contributed by atoms with van der Waals surface area (Å²) in [6, 6.07) is 5.13. The summed E-state index contributed by atoms with van der Waals surface area (Å²) in [5.41, 5.74) is 0.693. The summed E-state index contributed by atoms with van der Waals surface area (Å²) in [6.07, 6.45) is -0.444. The molecule has 94 valence electrons. The van der Waals surface area contributed by atoms with E-state index in [4.69, 9.17) is 35.4 Å². The van der Waals surface area contributed by atoms with Crippen LogP contribution in [-0.4, -0.2) is 34.8 Å². The summed E-state index contributed by atoms with van der Waals surface area (Å²) in [5, 5.41) is 13.8. The summed E-state index contributed by atoms with van der Waals surface area (Å²) in [5.74, 6) is 0. The van der Waals surface area contributed by atoms with Crippen LogP contribution < -0.4 is 5.32 Å². The minimum absolute atomic E-state index is 0.444. The summed E-state index contributed by atoms with van der Waals surface area (Å²) < 4.78 is 0. The third-order valence-corrected chi connectivity index (χ3v) is 3.02. The van der Waals surface area contributed by atoms with Crippen LogP contribution in [0, 0.1) is 0 Å². The number of hydrogen-bond donors (Lipinski definition) is 2. The van der Waals surface area contributed by atoms with Crippen molar-refractivity contribution in [2.45, 2.75) is 13.0 Å². The highest BCUT2D eigenvalue weighted by Gasteiger charge is 2.09. The highest BCUT2D eigenvalue weighted by atomic mass is 35.5. The van der Waals surface area contributed by atoms with E-state index >= 15 is 0 Å². The molecule has 0 aliphatic heterocycles. The van der Waals surface area contributed by atoms with E-state index in [0.717, 1.165) is 0 Å². The monoisotopic (exact) mass is 292 g/mol. The van der Waals surface area contributed by atoms with Crippen molar-refractivity contribution in [2.24, 2.45) is 0 Å². The van der Waals surface area contributed by atoms with Crippen LogP contribution in [-0.2, 0) is 0 Å². The van der Waals surface area contributed by atoms with Crippen LogP contribution in [0.5, 0.6) is 0 Å². The maximum atomic E-state index is 9.26. The predicted molar refractivity (Wildman–Crippen MR) is 77.0 cm³/mol. The molecule has 0 saturated heterocycles. The number of aliphatic hydroxyl groups is 1. The summed E-state index contributed by atoms with van der Waals surface area (Å²) in [4.78, 5) is 1.74. The van der Waals surface area contributed by atoms with Gasteiger partial charge in [-0.1, -0.05) is 23.2 Å². The van der Waals surface area contributed by atoms with Crippen LogP contribution in [0.4, 0.5) is 5.69 Å². The Morgan fingerprint density at radius 3 is 2.71 bits per heavy atom. The lowest BCUT2D eigenvalue weighted by molar-refractivity contribution is 0.169. The number of rotatable bonds is 3. The van der Waals surface area contributed by atoms with Gasteiger partial charge >= 0.3 is 0 Å². The van der Waals surface area contributed by atoms with Crippen LogP contribution in [0.1, 0.15) is 6.92 Å². The number of hydrogen-bond acceptors (Lipinski definition) is 2. The molecule has 0 saturated carbocycles. The Labute approximate surface area is 116 Å². The standard InChI is InChI=1S/C11H14Cl2N2OS/c1-7(16)6-15(2)11(17)14-10-4-3-8(12)5-9(10)13/h3-5,7,16H,6H2,1-2H3,(H,14,17)/t7-/m1/s1. The number of nitrogens with one attached hydrogen (secondary N) is 1. The average Bonchev–Trinajstić information content (AvgIpc) is 2.21. The molecular formula is C11H14Cl2N2OS. The van der Waals surface area contributed by atoms with Gasteiger partial charge in [0.05, 0.1) is 16.8 Å². The topological polar surface area (TPSA) is 35.5 Å². The predicted octanol–water partition coefficient (Wildman–Crippen LogP) is 3.00. The second-order valence-corrected chi connectivity index (χ2v) is 5.01. The van der Waals surface area contributed by atoms with E-state index in [1.165, 1.54) is 0 Å². The summed E-state index contributed by atoms with van der Waals surface area (Å²) in [6.45, 7) is 2.16. The molecule has 0 aliphatic carbocycles. The Morgan fingerprint density at radius 1 is 1.53 bits per heavy atom. The minimum atomic E-state index is -0.444. The largest absolute Gasteiger partial charge is 0.392 e. The fourth-order valence-electron chi connectivity index (χ4n) is 1.28. The lowest BCUT2D eigenvalue weighted by atomic mass is 10.3. The van der Waals surface area contributed by atoms with Crippen molar-refractivity contribution < 1.29 is 5.11 Å². The van der Waals surface area contributed by atoms with Gasteiger partial charge in [0, 0.05) is 18.6 Å². The molecule has 17 heavy (non-hydrogen) atoms. The number of aliphatic hydroxyl groups excluding tert-OH is 1. The van der Waals surface area contributed by atoms with Crippen molar-refractivity contribution in [3.63, 3.8) is 0 Å². The molecule has 0 radical (unpaired) electrons. The van der Waals surface area contributed by atoms with Gasteiger partial charge in [0.15, 0.2) is 5.11 Å². The number of nitrogens with zero attached hydrogens (tertiary/aromatic N) is 1. The molecule has 3 nitrogen and oxygen atoms in total. The molecule has 2 N–H and O–H groups in total. The van der Waals surface area contributed by atoms with Crippen molar-refractivity contribution >= 4 is 46.2 Å². The Hall–Kier alpha value is -0.550. The van der Waals surface area contributed by atoms with Gasteiger partial charge in [0.1, 0.15) is 0 Å². The lowest BCUT2D eigenvalue weighted by Gasteiger charge is -2.22. The number of anilines is 1. The van der Waals surface area contributed by atoms with E-state index in [0.29, 0.717) is 27.4 Å². The van der Waals surface area contributed by atoms with E-state index in [-0.39, 0.29) is 0 Å². The van der Waals surface area contributed by atoms with Gasteiger partial charge in [0.25, 0.3) is 0 Å². The van der Waals surface area contributed by atoms with Crippen molar-refractivity contribution in [1.82, 2.24) is 4.90 Å². The van der Waals surface area contributed by atoms with Crippen LogP contribution in [0.2, 0.25) is 10.0 Å². The van der Waals surface area contributed by atoms with Gasteiger partial charge < -0.3 is 15.3 Å². The van der Waals surface area contributed by atoms with Crippen molar-refractivity contribution in [2.75, 3.05) is 18.9 Å². The fraction of sp³-hybridized carbons (Fsp3) is 0.364. The normalized spacial score (nSPS) is 12.1. The molecule has 0 fully saturated rings. The SMILES string of the molecule is C[C@@H](O)CN(C)C(=S)Nc1ccc(Cl)cc1Cl. The first kappa shape index (κ1) is 14.5. The molecule has 0 aromatic heterocycles. The summed E-state index contributed by atoms with van der Waals surface area (Å²) >= 11 is 17.0. The van der Waals surface area contributed by atoms with Crippen LogP contribution in [0.3, 0.4) is 0 Å². The van der Waals surface area contributed by atoms with Crippen molar-refractivity contribution in [3.8, 4) is 0 Å². The van der Waals surface area contributed by atoms with E-state index in [1.54, 1.807) is 37.1 Å². The minimum Gasteiger partial charge on any atom is -0.392 e. The molecule has 1 rings (SSSR count). The van der Waals surface area contributed by atoms with Gasteiger partial charge in [-0.15, -0.1) is 0 Å². The highest BCUT2D eigenvalue weighted by molar-refractivity contribution is 7.80. The second kappa shape index (κ2) is 6.40. The Bertz CT molecular complexity index is 412. The van der Waals surface area contributed by atoms with Crippen LogP contribution in [0.15, 0.2) is 18.2 Å². The van der Waals surface area contributed by atoms with E-state index in [2.05, 4.69) is 5.32 Å². The van der Waals surface area contributed by atoms with Crippen molar-refractivity contribution in [3.05, 3.63) is 28.2 Å². The zero-order valence-electron chi connectivity index (χ0n) is 9.58. The molecule has 0 bridgehead atoms. The van der Waals surface area contributed by atoms with Crippen molar-refractivity contribution in [1.29, 1.82) is 0 Å². The number of benzene rings is 1. The maximum absolute atomic E-state index is 9.26. The molecule has 6 heteroatoms. The average molecular weight is 293 g/mol. The zero-order chi connectivity index (χ0) is 13.0. The molecule has 0 aliphatic rings. The molecule has 0 unspecified atom stereocenters. The number of thiocarbonyl (C=S) groups is 1. The van der Waals surface area contributed by atoms with E-state index < -0.39 is 6.10 Å².